The molecule has 1 nitrogen and oxygen atoms in total. The molecule has 2 heteroatoms. The summed E-state index contributed by atoms with van der Waals surface area (Å²) in [4.78, 5) is 0. The van der Waals surface area contributed by atoms with Crippen LogP contribution in [0.2, 0.25) is 0 Å². The van der Waals surface area contributed by atoms with Crippen molar-refractivity contribution in [2.45, 2.75) is 20.8 Å². The average Bonchev–Trinajstić information content (AvgIpc) is 2.16. The minimum atomic E-state index is 0.499. The molecule has 1 atom stereocenters. The Morgan fingerprint density at radius 3 is 2.64 bits per heavy atom. The van der Waals surface area contributed by atoms with Crippen molar-refractivity contribution in [2.24, 2.45) is 5.92 Å². The van der Waals surface area contributed by atoms with E-state index in [1.165, 1.54) is 11.1 Å². The van der Waals surface area contributed by atoms with Crippen LogP contribution in [0.4, 0.5) is 0 Å². The summed E-state index contributed by atoms with van der Waals surface area (Å²) in [6.07, 6.45) is 0. The van der Waals surface area contributed by atoms with Gasteiger partial charge in [-0.3, -0.25) is 0 Å². The van der Waals surface area contributed by atoms with Gasteiger partial charge in [0.25, 0.3) is 0 Å². The first-order valence-electron chi connectivity index (χ1n) is 4.94. The topological polar surface area (TPSA) is 9.23 Å². The monoisotopic (exact) mass is 210 g/mol. The van der Waals surface area contributed by atoms with Crippen LogP contribution >= 0.6 is 12.6 Å². The first-order chi connectivity index (χ1) is 6.63. The zero-order valence-corrected chi connectivity index (χ0v) is 9.97. The molecule has 0 saturated carbocycles. The van der Waals surface area contributed by atoms with E-state index in [1.807, 2.05) is 6.07 Å². The van der Waals surface area contributed by atoms with Gasteiger partial charge in [0.15, 0.2) is 0 Å². The van der Waals surface area contributed by atoms with Gasteiger partial charge in [0, 0.05) is 0 Å². The summed E-state index contributed by atoms with van der Waals surface area (Å²) in [5.74, 6) is 2.36. The average molecular weight is 210 g/mol. The van der Waals surface area contributed by atoms with Crippen LogP contribution in [0.3, 0.4) is 0 Å². The standard InChI is InChI=1S/C12H18OS/c1-9-4-5-12(11(3)6-9)13-7-10(2)8-14/h4-6,10,14H,7-8H2,1-3H3. The van der Waals surface area contributed by atoms with Gasteiger partial charge in [-0.2, -0.15) is 12.6 Å². The highest BCUT2D eigenvalue weighted by molar-refractivity contribution is 7.80. The van der Waals surface area contributed by atoms with Crippen LogP contribution in [0.15, 0.2) is 18.2 Å². The Kier molecular flexibility index (Phi) is 4.33. The van der Waals surface area contributed by atoms with Gasteiger partial charge in [0.1, 0.15) is 5.75 Å². The molecular weight excluding hydrogens is 192 g/mol. The Balaban J connectivity index is 2.59. The van der Waals surface area contributed by atoms with Crippen molar-refractivity contribution in [3.8, 4) is 5.75 Å². The largest absolute Gasteiger partial charge is 0.493 e. The highest BCUT2D eigenvalue weighted by Gasteiger charge is 2.03. The van der Waals surface area contributed by atoms with Crippen LogP contribution in [0.5, 0.6) is 5.75 Å². The van der Waals surface area contributed by atoms with Crippen molar-refractivity contribution in [1.29, 1.82) is 0 Å². The summed E-state index contributed by atoms with van der Waals surface area (Å²) in [6, 6.07) is 6.25. The Hall–Kier alpha value is -0.630. The second-order valence-corrected chi connectivity index (χ2v) is 4.23. The van der Waals surface area contributed by atoms with Crippen molar-refractivity contribution in [3.05, 3.63) is 29.3 Å². The lowest BCUT2D eigenvalue weighted by Crippen LogP contribution is -2.10. The summed E-state index contributed by atoms with van der Waals surface area (Å²) < 4.78 is 5.70. The molecule has 1 aromatic carbocycles. The minimum Gasteiger partial charge on any atom is -0.493 e. The number of benzene rings is 1. The normalized spacial score (nSPS) is 12.6. The van der Waals surface area contributed by atoms with E-state index in [4.69, 9.17) is 4.74 Å². The van der Waals surface area contributed by atoms with Crippen molar-refractivity contribution in [2.75, 3.05) is 12.4 Å². The van der Waals surface area contributed by atoms with E-state index in [9.17, 15) is 0 Å². The first kappa shape index (κ1) is 11.4. The molecule has 0 aromatic heterocycles. The SMILES string of the molecule is Cc1ccc(OCC(C)CS)c(C)c1. The van der Waals surface area contributed by atoms with Crippen LogP contribution in [0.25, 0.3) is 0 Å². The van der Waals surface area contributed by atoms with Crippen molar-refractivity contribution < 1.29 is 4.74 Å². The number of hydrogen-bond acceptors (Lipinski definition) is 2. The summed E-state index contributed by atoms with van der Waals surface area (Å²) >= 11 is 4.22. The van der Waals surface area contributed by atoms with Crippen LogP contribution in [0.1, 0.15) is 18.1 Å². The smallest absolute Gasteiger partial charge is 0.122 e. The number of ether oxygens (including phenoxy) is 1. The predicted molar refractivity (Wildman–Crippen MR) is 64.4 cm³/mol. The van der Waals surface area contributed by atoms with Crippen LogP contribution in [0, 0.1) is 19.8 Å². The molecular formula is C12H18OS. The fourth-order valence-corrected chi connectivity index (χ4v) is 1.35. The number of rotatable bonds is 4. The molecule has 14 heavy (non-hydrogen) atoms. The molecule has 0 saturated heterocycles. The van der Waals surface area contributed by atoms with E-state index in [2.05, 4.69) is 45.5 Å². The van der Waals surface area contributed by atoms with E-state index >= 15 is 0 Å². The minimum absolute atomic E-state index is 0.499. The maximum Gasteiger partial charge on any atom is 0.122 e. The summed E-state index contributed by atoms with van der Waals surface area (Å²) in [6.45, 7) is 7.05. The summed E-state index contributed by atoms with van der Waals surface area (Å²) in [5, 5.41) is 0. The van der Waals surface area contributed by atoms with Gasteiger partial charge in [-0.15, -0.1) is 0 Å². The molecule has 0 fully saturated rings. The lowest BCUT2D eigenvalue weighted by molar-refractivity contribution is 0.272. The fourth-order valence-electron chi connectivity index (χ4n) is 1.25. The Morgan fingerprint density at radius 1 is 1.36 bits per heavy atom. The van der Waals surface area contributed by atoms with Gasteiger partial charge < -0.3 is 4.74 Å². The number of aryl methyl sites for hydroxylation is 2. The fraction of sp³-hybridized carbons (Fsp3) is 0.500. The third-order valence-corrected chi connectivity index (χ3v) is 2.79. The Morgan fingerprint density at radius 2 is 2.07 bits per heavy atom. The van der Waals surface area contributed by atoms with Gasteiger partial charge in [0.2, 0.25) is 0 Å². The maximum absolute atomic E-state index is 5.70. The summed E-state index contributed by atoms with van der Waals surface area (Å²) in [7, 11) is 0. The van der Waals surface area contributed by atoms with E-state index in [0.29, 0.717) is 5.92 Å². The molecule has 0 amide bonds. The van der Waals surface area contributed by atoms with Gasteiger partial charge in [0.05, 0.1) is 6.61 Å². The Bertz CT molecular complexity index is 296. The van der Waals surface area contributed by atoms with Crippen LogP contribution in [-0.2, 0) is 0 Å². The third kappa shape index (κ3) is 3.26. The molecule has 0 heterocycles. The van der Waals surface area contributed by atoms with Crippen molar-refractivity contribution >= 4 is 12.6 Å². The van der Waals surface area contributed by atoms with E-state index < -0.39 is 0 Å². The van der Waals surface area contributed by atoms with Crippen molar-refractivity contribution in [3.63, 3.8) is 0 Å². The lowest BCUT2D eigenvalue weighted by atomic mass is 10.1. The molecule has 0 aliphatic rings. The van der Waals surface area contributed by atoms with Crippen LogP contribution in [-0.4, -0.2) is 12.4 Å². The lowest BCUT2D eigenvalue weighted by Gasteiger charge is -2.12. The van der Waals surface area contributed by atoms with Crippen molar-refractivity contribution in [1.82, 2.24) is 0 Å². The highest BCUT2D eigenvalue weighted by Crippen LogP contribution is 2.19. The maximum atomic E-state index is 5.70. The molecule has 0 spiro atoms. The summed E-state index contributed by atoms with van der Waals surface area (Å²) in [5.41, 5.74) is 2.48. The quantitative estimate of drug-likeness (QED) is 0.751. The zero-order chi connectivity index (χ0) is 10.6. The van der Waals surface area contributed by atoms with Gasteiger partial charge in [-0.25, -0.2) is 0 Å². The third-order valence-electron chi connectivity index (χ3n) is 2.17. The molecule has 0 radical (unpaired) electrons. The number of hydrogen-bond donors (Lipinski definition) is 1. The Labute approximate surface area is 91.9 Å². The van der Waals surface area contributed by atoms with Gasteiger partial charge in [-0.05, 0) is 37.1 Å². The molecule has 0 aliphatic carbocycles. The van der Waals surface area contributed by atoms with Gasteiger partial charge in [-0.1, -0.05) is 24.6 Å². The van der Waals surface area contributed by atoms with E-state index in [1.54, 1.807) is 0 Å². The molecule has 0 N–H and O–H groups in total. The van der Waals surface area contributed by atoms with Crippen LogP contribution < -0.4 is 4.74 Å². The molecule has 0 aliphatic heterocycles. The molecule has 1 aromatic rings. The molecule has 1 rings (SSSR count). The zero-order valence-electron chi connectivity index (χ0n) is 9.08. The van der Waals surface area contributed by atoms with E-state index in [-0.39, 0.29) is 0 Å². The predicted octanol–water partition coefficient (Wildman–Crippen LogP) is 3.25. The molecule has 1 unspecified atom stereocenters. The molecule has 78 valence electrons. The second-order valence-electron chi connectivity index (χ2n) is 3.87. The second kappa shape index (κ2) is 5.30. The number of thiol groups is 1. The van der Waals surface area contributed by atoms with Gasteiger partial charge >= 0.3 is 0 Å². The first-order valence-corrected chi connectivity index (χ1v) is 5.57. The molecule has 0 bridgehead atoms. The van der Waals surface area contributed by atoms with E-state index in [0.717, 1.165) is 18.1 Å². The highest BCUT2D eigenvalue weighted by atomic mass is 32.1.